The Balaban J connectivity index is 2.19. The van der Waals surface area contributed by atoms with E-state index in [0.29, 0.717) is 23.4 Å². The molecule has 3 rings (SSSR count). The molecule has 1 aliphatic heterocycles. The molecule has 0 amide bonds. The van der Waals surface area contributed by atoms with Gasteiger partial charge in [0.15, 0.2) is 0 Å². The molecule has 2 nitrogen and oxygen atoms in total. The highest BCUT2D eigenvalue weighted by atomic mass is 19.1. The maximum Gasteiger partial charge on any atom is 0.133 e. The first-order valence-corrected chi connectivity index (χ1v) is 7.17. The van der Waals surface area contributed by atoms with Gasteiger partial charge in [-0.2, -0.15) is 5.10 Å². The summed E-state index contributed by atoms with van der Waals surface area (Å²) >= 11 is 0. The minimum absolute atomic E-state index is 0.184. The standard InChI is InChI=1S/C18H15F3N2/c1-11-17(18-15(20)8-13(19)9-16(18)21)14(10-23(2)22-11)12-6-4-3-5-7-12/h3-10,17H,1-2H3. The number of halogens is 3. The molecule has 0 N–H and O–H groups in total. The molecule has 0 aliphatic carbocycles. The third-order valence-electron chi connectivity index (χ3n) is 3.81. The Morgan fingerprint density at radius 2 is 1.61 bits per heavy atom. The lowest BCUT2D eigenvalue weighted by Gasteiger charge is -2.28. The number of hydrazone groups is 1. The molecule has 0 fully saturated rings. The monoisotopic (exact) mass is 316 g/mol. The second kappa shape index (κ2) is 5.91. The quantitative estimate of drug-likeness (QED) is 0.793. The van der Waals surface area contributed by atoms with Crippen LogP contribution in [0.15, 0.2) is 53.8 Å². The van der Waals surface area contributed by atoms with Crippen LogP contribution in [0.2, 0.25) is 0 Å². The summed E-state index contributed by atoms with van der Waals surface area (Å²) in [6.45, 7) is 1.71. The number of hydrogen-bond donors (Lipinski definition) is 0. The Kier molecular flexibility index (Phi) is 3.94. The van der Waals surface area contributed by atoms with Gasteiger partial charge in [0.05, 0.1) is 5.92 Å². The average Bonchev–Trinajstić information content (AvgIpc) is 2.49. The van der Waals surface area contributed by atoms with Crippen LogP contribution in [0.25, 0.3) is 5.57 Å². The third kappa shape index (κ3) is 2.86. The molecule has 0 saturated carbocycles. The van der Waals surface area contributed by atoms with Crippen molar-refractivity contribution in [3.63, 3.8) is 0 Å². The van der Waals surface area contributed by atoms with Gasteiger partial charge in [0, 0.05) is 36.7 Å². The van der Waals surface area contributed by atoms with E-state index in [1.165, 1.54) is 0 Å². The zero-order chi connectivity index (χ0) is 16.6. The lowest BCUT2D eigenvalue weighted by atomic mass is 9.83. The molecule has 2 aromatic carbocycles. The van der Waals surface area contributed by atoms with Crippen LogP contribution >= 0.6 is 0 Å². The van der Waals surface area contributed by atoms with Crippen LogP contribution < -0.4 is 0 Å². The zero-order valence-electron chi connectivity index (χ0n) is 12.7. The van der Waals surface area contributed by atoms with Crippen LogP contribution in [0.4, 0.5) is 13.2 Å². The fourth-order valence-electron chi connectivity index (χ4n) is 2.90. The van der Waals surface area contributed by atoms with Crippen molar-refractivity contribution in [3.05, 3.63) is 77.2 Å². The van der Waals surface area contributed by atoms with Crippen LogP contribution in [-0.4, -0.2) is 17.8 Å². The molecule has 1 unspecified atom stereocenters. The van der Waals surface area contributed by atoms with E-state index in [4.69, 9.17) is 0 Å². The van der Waals surface area contributed by atoms with Gasteiger partial charge in [-0.25, -0.2) is 13.2 Å². The summed E-state index contributed by atoms with van der Waals surface area (Å²) < 4.78 is 41.8. The molecular formula is C18H15F3N2. The van der Waals surface area contributed by atoms with Crippen LogP contribution in [-0.2, 0) is 0 Å². The van der Waals surface area contributed by atoms with Crippen molar-refractivity contribution in [1.82, 2.24) is 5.01 Å². The Morgan fingerprint density at radius 3 is 2.22 bits per heavy atom. The summed E-state index contributed by atoms with van der Waals surface area (Å²) in [5.74, 6) is -3.45. The van der Waals surface area contributed by atoms with E-state index < -0.39 is 23.4 Å². The van der Waals surface area contributed by atoms with E-state index >= 15 is 0 Å². The lowest BCUT2D eigenvalue weighted by molar-refractivity contribution is 0.475. The minimum atomic E-state index is -0.934. The Bertz CT molecular complexity index is 774. The summed E-state index contributed by atoms with van der Waals surface area (Å²) in [6, 6.07) is 10.7. The summed E-state index contributed by atoms with van der Waals surface area (Å²) in [7, 11) is 1.75. The predicted molar refractivity (Wildman–Crippen MR) is 84.3 cm³/mol. The minimum Gasteiger partial charge on any atom is -0.276 e. The molecule has 1 heterocycles. The normalized spacial score (nSPS) is 17.8. The summed E-state index contributed by atoms with van der Waals surface area (Å²) in [4.78, 5) is 0. The van der Waals surface area contributed by atoms with Crippen molar-refractivity contribution in [1.29, 1.82) is 0 Å². The number of allylic oxidation sites excluding steroid dienone is 1. The van der Waals surface area contributed by atoms with E-state index in [9.17, 15) is 13.2 Å². The van der Waals surface area contributed by atoms with Crippen LogP contribution in [0.5, 0.6) is 0 Å². The Hall–Kier alpha value is -2.56. The first-order chi connectivity index (χ1) is 11.0. The van der Waals surface area contributed by atoms with Gasteiger partial charge < -0.3 is 0 Å². The van der Waals surface area contributed by atoms with Gasteiger partial charge in [0.2, 0.25) is 0 Å². The van der Waals surface area contributed by atoms with Gasteiger partial charge >= 0.3 is 0 Å². The Morgan fingerprint density at radius 1 is 1.00 bits per heavy atom. The number of benzene rings is 2. The third-order valence-corrected chi connectivity index (χ3v) is 3.81. The summed E-state index contributed by atoms with van der Waals surface area (Å²) in [5, 5.41) is 5.87. The second-order valence-corrected chi connectivity index (χ2v) is 5.48. The van der Waals surface area contributed by atoms with E-state index in [0.717, 1.165) is 5.56 Å². The van der Waals surface area contributed by atoms with Crippen molar-refractivity contribution in [3.8, 4) is 0 Å². The number of nitrogens with zero attached hydrogens (tertiary/aromatic N) is 2. The molecule has 1 aliphatic rings. The van der Waals surface area contributed by atoms with Gasteiger partial charge in [-0.1, -0.05) is 30.3 Å². The van der Waals surface area contributed by atoms with Crippen LogP contribution in [0, 0.1) is 17.5 Å². The fraction of sp³-hybridized carbons (Fsp3) is 0.167. The van der Waals surface area contributed by atoms with Gasteiger partial charge in [0.1, 0.15) is 17.5 Å². The maximum atomic E-state index is 14.3. The number of rotatable bonds is 2. The van der Waals surface area contributed by atoms with E-state index in [2.05, 4.69) is 5.10 Å². The highest BCUT2D eigenvalue weighted by molar-refractivity contribution is 6.01. The molecule has 0 saturated heterocycles. The second-order valence-electron chi connectivity index (χ2n) is 5.48. The lowest BCUT2D eigenvalue weighted by Crippen LogP contribution is -2.23. The molecule has 0 spiro atoms. The highest BCUT2D eigenvalue weighted by Crippen LogP contribution is 2.38. The topological polar surface area (TPSA) is 15.6 Å². The smallest absolute Gasteiger partial charge is 0.133 e. The van der Waals surface area contributed by atoms with E-state index in [1.54, 1.807) is 25.2 Å². The van der Waals surface area contributed by atoms with Gasteiger partial charge in [-0.05, 0) is 18.1 Å². The van der Waals surface area contributed by atoms with Gasteiger partial charge in [-0.15, -0.1) is 0 Å². The van der Waals surface area contributed by atoms with Crippen LogP contribution in [0.3, 0.4) is 0 Å². The largest absolute Gasteiger partial charge is 0.276 e. The van der Waals surface area contributed by atoms with Crippen molar-refractivity contribution in [2.75, 3.05) is 7.05 Å². The summed E-state index contributed by atoms with van der Waals surface area (Å²) in [5.41, 5.74) is 1.90. The van der Waals surface area contributed by atoms with Crippen molar-refractivity contribution < 1.29 is 13.2 Å². The molecule has 0 bridgehead atoms. The number of hydrogen-bond acceptors (Lipinski definition) is 2. The molecule has 118 valence electrons. The van der Waals surface area contributed by atoms with Gasteiger partial charge in [0.25, 0.3) is 0 Å². The molecule has 5 heteroatoms. The first-order valence-electron chi connectivity index (χ1n) is 7.17. The molecule has 23 heavy (non-hydrogen) atoms. The molecule has 1 atom stereocenters. The highest BCUT2D eigenvalue weighted by Gasteiger charge is 2.30. The van der Waals surface area contributed by atoms with Crippen LogP contribution in [0.1, 0.15) is 24.0 Å². The summed E-state index contributed by atoms with van der Waals surface area (Å²) in [6.07, 6.45) is 1.73. The van der Waals surface area contributed by atoms with Gasteiger partial charge in [-0.3, -0.25) is 5.01 Å². The SMILES string of the molecule is CC1=NN(C)C=C(c2ccccc2)C1c1c(F)cc(F)cc1F. The fourth-order valence-corrected chi connectivity index (χ4v) is 2.90. The average molecular weight is 316 g/mol. The van der Waals surface area contributed by atoms with E-state index in [-0.39, 0.29) is 5.56 Å². The Labute approximate surface area is 132 Å². The predicted octanol–water partition coefficient (Wildman–Crippen LogP) is 4.55. The molecular weight excluding hydrogens is 301 g/mol. The molecule has 2 aromatic rings. The maximum absolute atomic E-state index is 14.3. The van der Waals surface area contributed by atoms with Crippen molar-refractivity contribution in [2.24, 2.45) is 5.10 Å². The molecule has 0 aromatic heterocycles. The molecule has 0 radical (unpaired) electrons. The van der Waals surface area contributed by atoms with Crippen molar-refractivity contribution >= 4 is 11.3 Å². The zero-order valence-corrected chi connectivity index (χ0v) is 12.7. The van der Waals surface area contributed by atoms with Crippen molar-refractivity contribution in [2.45, 2.75) is 12.8 Å². The first kappa shape index (κ1) is 15.3. The van der Waals surface area contributed by atoms with E-state index in [1.807, 2.05) is 30.3 Å².